The highest BCUT2D eigenvalue weighted by molar-refractivity contribution is 7.07. The van der Waals surface area contributed by atoms with E-state index in [-0.39, 0.29) is 23.2 Å². The Hall–Kier alpha value is -1.99. The fraction of sp³-hybridized carbons (Fsp3) is 0.357. The zero-order chi connectivity index (χ0) is 15.4. The molecule has 0 saturated carbocycles. The van der Waals surface area contributed by atoms with Crippen LogP contribution in [-0.4, -0.2) is 41.2 Å². The van der Waals surface area contributed by atoms with E-state index in [1.165, 1.54) is 24.7 Å². The number of aromatic nitrogens is 2. The van der Waals surface area contributed by atoms with Crippen LogP contribution in [0.4, 0.5) is 0 Å². The third-order valence-corrected chi connectivity index (χ3v) is 3.90. The van der Waals surface area contributed by atoms with Crippen molar-refractivity contribution in [3.63, 3.8) is 0 Å². The van der Waals surface area contributed by atoms with Crippen LogP contribution in [0.2, 0.25) is 0 Å². The molecule has 0 aromatic carbocycles. The number of hydrogen-bond acceptors (Lipinski definition) is 5. The van der Waals surface area contributed by atoms with Crippen molar-refractivity contribution >= 4 is 17.2 Å². The van der Waals surface area contributed by atoms with Crippen LogP contribution in [0, 0.1) is 0 Å². The van der Waals surface area contributed by atoms with Gasteiger partial charge in [0.05, 0.1) is 6.04 Å². The van der Waals surface area contributed by atoms with E-state index in [0.29, 0.717) is 6.54 Å². The number of amides is 1. The van der Waals surface area contributed by atoms with Gasteiger partial charge in [0.25, 0.3) is 11.5 Å². The van der Waals surface area contributed by atoms with Gasteiger partial charge in [0.1, 0.15) is 5.69 Å². The molecule has 1 atom stereocenters. The molecule has 2 aromatic rings. The molecule has 7 heteroatoms. The molecule has 0 bridgehead atoms. The van der Waals surface area contributed by atoms with Gasteiger partial charge in [0, 0.05) is 19.7 Å². The minimum absolute atomic E-state index is 0.104. The van der Waals surface area contributed by atoms with Crippen molar-refractivity contribution in [1.82, 2.24) is 20.0 Å². The summed E-state index contributed by atoms with van der Waals surface area (Å²) in [5.41, 5.74) is 1.16. The molecular weight excluding hydrogens is 288 g/mol. The van der Waals surface area contributed by atoms with Crippen molar-refractivity contribution in [1.29, 1.82) is 0 Å². The second-order valence-corrected chi connectivity index (χ2v) is 5.71. The topological polar surface area (TPSA) is 67.2 Å². The van der Waals surface area contributed by atoms with E-state index in [1.807, 2.05) is 25.5 Å². The molecule has 6 nitrogen and oxygen atoms in total. The molecule has 112 valence electrons. The monoisotopic (exact) mass is 306 g/mol. The van der Waals surface area contributed by atoms with Gasteiger partial charge in [-0.05, 0) is 42.6 Å². The summed E-state index contributed by atoms with van der Waals surface area (Å²) >= 11 is 1.63. The normalized spacial score (nSPS) is 12.4. The molecule has 21 heavy (non-hydrogen) atoms. The Labute approximate surface area is 127 Å². The van der Waals surface area contributed by atoms with Crippen LogP contribution in [0.5, 0.6) is 0 Å². The number of aryl methyl sites for hydroxylation is 1. The zero-order valence-corrected chi connectivity index (χ0v) is 13.1. The smallest absolute Gasteiger partial charge is 0.271 e. The SMILES string of the molecule is CN(C)C(CNC(=O)c1ccc(=O)n(C)n1)c1ccsc1. The first-order valence-electron chi connectivity index (χ1n) is 6.50. The minimum Gasteiger partial charge on any atom is -0.349 e. The molecule has 0 radical (unpaired) electrons. The van der Waals surface area contributed by atoms with Gasteiger partial charge in [0.2, 0.25) is 0 Å². The molecular formula is C14H18N4O2S. The van der Waals surface area contributed by atoms with Gasteiger partial charge in [-0.3, -0.25) is 9.59 Å². The standard InChI is InChI=1S/C14H18N4O2S/c1-17(2)12(10-6-7-21-9-10)8-15-14(20)11-4-5-13(19)18(3)16-11/h4-7,9,12H,8H2,1-3H3,(H,15,20). The molecule has 0 fully saturated rings. The van der Waals surface area contributed by atoms with Crippen LogP contribution in [-0.2, 0) is 7.05 Å². The van der Waals surface area contributed by atoms with E-state index in [1.54, 1.807) is 11.3 Å². The second-order valence-electron chi connectivity index (χ2n) is 4.93. The number of nitrogens with one attached hydrogen (secondary N) is 1. The fourth-order valence-electron chi connectivity index (χ4n) is 1.97. The highest BCUT2D eigenvalue weighted by Crippen LogP contribution is 2.19. The maximum absolute atomic E-state index is 12.1. The van der Waals surface area contributed by atoms with E-state index in [9.17, 15) is 9.59 Å². The van der Waals surface area contributed by atoms with Crippen molar-refractivity contribution in [2.24, 2.45) is 7.05 Å². The lowest BCUT2D eigenvalue weighted by Crippen LogP contribution is -2.35. The van der Waals surface area contributed by atoms with Crippen molar-refractivity contribution in [2.75, 3.05) is 20.6 Å². The summed E-state index contributed by atoms with van der Waals surface area (Å²) in [5, 5.41) is 10.9. The predicted octanol–water partition coefficient (Wildman–Crippen LogP) is 0.874. The second kappa shape index (κ2) is 6.64. The molecule has 0 aliphatic carbocycles. The summed E-state index contributed by atoms with van der Waals surface area (Å²) in [6.45, 7) is 0.479. The summed E-state index contributed by atoms with van der Waals surface area (Å²) < 4.78 is 1.15. The Bertz CT molecular complexity index is 664. The van der Waals surface area contributed by atoms with Crippen LogP contribution in [0.25, 0.3) is 0 Å². The first-order valence-corrected chi connectivity index (χ1v) is 7.44. The number of likely N-dealkylation sites (N-methyl/N-ethyl adjacent to an activating group) is 1. The highest BCUT2D eigenvalue weighted by Gasteiger charge is 2.17. The Morgan fingerprint density at radius 1 is 1.43 bits per heavy atom. The highest BCUT2D eigenvalue weighted by atomic mass is 32.1. The Balaban J connectivity index is 2.05. The lowest BCUT2D eigenvalue weighted by atomic mass is 10.1. The van der Waals surface area contributed by atoms with Crippen LogP contribution in [0.15, 0.2) is 33.8 Å². The minimum atomic E-state index is -0.285. The molecule has 0 saturated heterocycles. The summed E-state index contributed by atoms with van der Waals surface area (Å²) in [4.78, 5) is 25.4. The summed E-state index contributed by atoms with van der Waals surface area (Å²) in [6.07, 6.45) is 0. The number of thiophene rings is 1. The summed E-state index contributed by atoms with van der Waals surface area (Å²) in [6, 6.07) is 4.93. The van der Waals surface area contributed by atoms with E-state index in [2.05, 4.69) is 20.7 Å². The van der Waals surface area contributed by atoms with Crippen molar-refractivity contribution < 1.29 is 4.79 Å². The molecule has 1 N–H and O–H groups in total. The van der Waals surface area contributed by atoms with Crippen LogP contribution < -0.4 is 10.9 Å². The van der Waals surface area contributed by atoms with Gasteiger partial charge < -0.3 is 10.2 Å². The van der Waals surface area contributed by atoms with Gasteiger partial charge in [-0.1, -0.05) is 0 Å². The van der Waals surface area contributed by atoms with Crippen molar-refractivity contribution in [3.05, 3.63) is 50.6 Å². The van der Waals surface area contributed by atoms with Gasteiger partial charge in [-0.25, -0.2) is 4.68 Å². The summed E-state index contributed by atoms with van der Waals surface area (Å²) in [5.74, 6) is -0.285. The number of rotatable bonds is 5. The third kappa shape index (κ3) is 3.77. The van der Waals surface area contributed by atoms with Crippen molar-refractivity contribution in [2.45, 2.75) is 6.04 Å². The average molecular weight is 306 g/mol. The fourth-order valence-corrected chi connectivity index (χ4v) is 2.67. The molecule has 2 rings (SSSR count). The van der Waals surface area contributed by atoms with E-state index >= 15 is 0 Å². The molecule has 1 amide bonds. The van der Waals surface area contributed by atoms with Crippen LogP contribution in [0.3, 0.4) is 0 Å². The molecule has 0 aliphatic heterocycles. The molecule has 0 spiro atoms. The molecule has 2 aromatic heterocycles. The Morgan fingerprint density at radius 2 is 2.19 bits per heavy atom. The van der Waals surface area contributed by atoms with Gasteiger partial charge in [-0.15, -0.1) is 0 Å². The van der Waals surface area contributed by atoms with Gasteiger partial charge >= 0.3 is 0 Å². The molecule has 2 heterocycles. The van der Waals surface area contributed by atoms with Gasteiger partial charge in [-0.2, -0.15) is 16.4 Å². The Kier molecular flexibility index (Phi) is 4.87. The number of hydrogen-bond donors (Lipinski definition) is 1. The number of nitrogens with zero attached hydrogens (tertiary/aromatic N) is 3. The van der Waals surface area contributed by atoms with Crippen LogP contribution >= 0.6 is 11.3 Å². The Morgan fingerprint density at radius 3 is 2.76 bits per heavy atom. The maximum Gasteiger partial charge on any atom is 0.271 e. The average Bonchev–Trinajstić information content (AvgIpc) is 2.95. The van der Waals surface area contributed by atoms with Gasteiger partial charge in [0.15, 0.2) is 0 Å². The number of carbonyl (C=O) groups is 1. The predicted molar refractivity (Wildman–Crippen MR) is 82.6 cm³/mol. The zero-order valence-electron chi connectivity index (χ0n) is 12.2. The lowest BCUT2D eigenvalue weighted by molar-refractivity contribution is 0.0934. The molecule has 0 aliphatic rings. The van der Waals surface area contributed by atoms with E-state index in [0.717, 1.165) is 4.68 Å². The number of carbonyl (C=O) groups excluding carboxylic acids is 1. The molecule has 1 unspecified atom stereocenters. The van der Waals surface area contributed by atoms with E-state index in [4.69, 9.17) is 0 Å². The summed E-state index contributed by atoms with van der Waals surface area (Å²) in [7, 11) is 5.46. The van der Waals surface area contributed by atoms with Crippen LogP contribution in [0.1, 0.15) is 22.1 Å². The first kappa shape index (κ1) is 15.4. The van der Waals surface area contributed by atoms with E-state index < -0.39 is 0 Å². The first-order chi connectivity index (χ1) is 9.99. The maximum atomic E-state index is 12.1. The quantitative estimate of drug-likeness (QED) is 0.890. The lowest BCUT2D eigenvalue weighted by Gasteiger charge is -2.23. The largest absolute Gasteiger partial charge is 0.349 e. The van der Waals surface area contributed by atoms with Crippen molar-refractivity contribution in [3.8, 4) is 0 Å². The third-order valence-electron chi connectivity index (χ3n) is 3.20.